The highest BCUT2D eigenvalue weighted by Gasteiger charge is 2.29. The van der Waals surface area contributed by atoms with Crippen molar-refractivity contribution in [1.29, 1.82) is 0 Å². The van der Waals surface area contributed by atoms with Crippen LogP contribution >= 0.6 is 0 Å². The highest BCUT2D eigenvalue weighted by molar-refractivity contribution is 5.94. The molecular weight excluding hydrogens is 184 g/mol. The van der Waals surface area contributed by atoms with Gasteiger partial charge in [-0.15, -0.1) is 0 Å². The molecule has 1 aliphatic carbocycles. The molecule has 1 saturated carbocycles. The molecule has 0 atom stereocenters. The molecule has 0 bridgehead atoms. The molecule has 0 aromatic rings. The highest BCUT2D eigenvalue weighted by atomic mass is 16.2. The molecule has 0 spiro atoms. The van der Waals surface area contributed by atoms with Crippen molar-refractivity contribution in [3.63, 3.8) is 0 Å². The van der Waals surface area contributed by atoms with E-state index < -0.39 is 6.03 Å². The summed E-state index contributed by atoms with van der Waals surface area (Å²) in [7, 11) is 1.83. The molecule has 5 N–H and O–H groups in total. The second kappa shape index (κ2) is 4.39. The number of nitrogens with two attached hydrogens (primary N) is 2. The molecule has 0 aliphatic heterocycles. The second-order valence-electron chi connectivity index (χ2n) is 3.71. The Balaban J connectivity index is 2.23. The Morgan fingerprint density at radius 3 is 2.50 bits per heavy atom. The van der Waals surface area contributed by atoms with Gasteiger partial charge in [0.05, 0.1) is 6.54 Å². The zero-order valence-corrected chi connectivity index (χ0v) is 8.19. The van der Waals surface area contributed by atoms with E-state index in [1.807, 2.05) is 17.3 Å². The number of nitrogens with zero attached hydrogens (tertiary/aromatic N) is 1. The maximum atomic E-state index is 11.1. The minimum Gasteiger partial charge on any atom is -0.351 e. The third-order valence-electron chi connectivity index (χ3n) is 2.43. The van der Waals surface area contributed by atoms with Gasteiger partial charge in [-0.3, -0.25) is 15.0 Å². The summed E-state index contributed by atoms with van der Waals surface area (Å²) in [5.74, 6) is -0.375. The largest absolute Gasteiger partial charge is 0.351 e. The first-order chi connectivity index (χ1) is 6.49. The second-order valence-corrected chi connectivity index (χ2v) is 3.71. The van der Waals surface area contributed by atoms with E-state index >= 15 is 0 Å². The fourth-order valence-corrected chi connectivity index (χ4v) is 1.52. The number of likely N-dealkylation sites (N-methyl/N-ethyl adjacent to an activating group) is 1. The molecule has 0 aromatic heterocycles. The molecule has 1 fully saturated rings. The van der Waals surface area contributed by atoms with E-state index in [2.05, 4.69) is 0 Å². The van der Waals surface area contributed by atoms with E-state index in [0.717, 1.165) is 12.8 Å². The van der Waals surface area contributed by atoms with Crippen LogP contribution in [-0.2, 0) is 4.79 Å². The fourth-order valence-electron chi connectivity index (χ4n) is 1.52. The molecule has 6 nitrogen and oxygen atoms in total. The Morgan fingerprint density at radius 1 is 1.50 bits per heavy atom. The van der Waals surface area contributed by atoms with Gasteiger partial charge in [-0.1, -0.05) is 0 Å². The zero-order chi connectivity index (χ0) is 10.7. The van der Waals surface area contributed by atoms with Gasteiger partial charge in [-0.2, -0.15) is 0 Å². The van der Waals surface area contributed by atoms with Crippen LogP contribution in [0.1, 0.15) is 12.8 Å². The highest BCUT2D eigenvalue weighted by Crippen LogP contribution is 2.22. The molecule has 0 aromatic carbocycles. The molecule has 3 amide bonds. The SMILES string of the molecule is CN(CC(=O)NC(N)=O)C1CC(N)C1. The van der Waals surface area contributed by atoms with Crippen LogP contribution in [0.4, 0.5) is 4.79 Å². The van der Waals surface area contributed by atoms with Crippen LogP contribution in [0.5, 0.6) is 0 Å². The summed E-state index contributed by atoms with van der Waals surface area (Å²) in [4.78, 5) is 23.3. The van der Waals surface area contributed by atoms with Gasteiger partial charge in [-0.05, 0) is 19.9 Å². The Morgan fingerprint density at radius 2 is 2.07 bits per heavy atom. The Hall–Kier alpha value is -1.14. The normalized spacial score (nSPS) is 25.6. The maximum Gasteiger partial charge on any atom is 0.318 e. The van der Waals surface area contributed by atoms with Crippen molar-refractivity contribution in [1.82, 2.24) is 10.2 Å². The number of nitrogens with one attached hydrogen (secondary N) is 1. The van der Waals surface area contributed by atoms with Crippen molar-refractivity contribution in [2.45, 2.75) is 24.9 Å². The summed E-state index contributed by atoms with van der Waals surface area (Å²) in [6.07, 6.45) is 1.81. The van der Waals surface area contributed by atoms with Crippen molar-refractivity contribution >= 4 is 11.9 Å². The number of rotatable bonds is 3. The van der Waals surface area contributed by atoms with Gasteiger partial charge >= 0.3 is 6.03 Å². The molecule has 0 unspecified atom stereocenters. The summed E-state index contributed by atoms with van der Waals surface area (Å²) >= 11 is 0. The number of hydrogen-bond acceptors (Lipinski definition) is 4. The van der Waals surface area contributed by atoms with Crippen molar-refractivity contribution < 1.29 is 9.59 Å². The van der Waals surface area contributed by atoms with Crippen molar-refractivity contribution in [2.75, 3.05) is 13.6 Å². The zero-order valence-electron chi connectivity index (χ0n) is 8.19. The van der Waals surface area contributed by atoms with Crippen molar-refractivity contribution in [2.24, 2.45) is 11.5 Å². The summed E-state index contributed by atoms with van der Waals surface area (Å²) in [5, 5.41) is 2.01. The van der Waals surface area contributed by atoms with Gasteiger partial charge in [0.15, 0.2) is 0 Å². The van der Waals surface area contributed by atoms with Crippen LogP contribution in [0.25, 0.3) is 0 Å². The van der Waals surface area contributed by atoms with Gasteiger partial charge < -0.3 is 11.5 Å². The molecule has 1 aliphatic rings. The molecule has 0 heterocycles. The number of carbonyl (C=O) groups excluding carboxylic acids is 2. The Labute approximate surface area is 82.6 Å². The van der Waals surface area contributed by atoms with Crippen LogP contribution in [-0.4, -0.2) is 42.5 Å². The smallest absolute Gasteiger partial charge is 0.318 e. The monoisotopic (exact) mass is 200 g/mol. The molecule has 0 radical (unpaired) electrons. The fraction of sp³-hybridized carbons (Fsp3) is 0.750. The lowest BCUT2D eigenvalue weighted by molar-refractivity contribution is -0.121. The number of imide groups is 1. The van der Waals surface area contributed by atoms with E-state index in [-0.39, 0.29) is 18.5 Å². The van der Waals surface area contributed by atoms with Crippen LogP contribution in [0, 0.1) is 0 Å². The van der Waals surface area contributed by atoms with Crippen LogP contribution in [0.3, 0.4) is 0 Å². The molecule has 6 heteroatoms. The molecule has 1 rings (SSSR count). The summed E-state index contributed by atoms with van der Waals surface area (Å²) in [5.41, 5.74) is 10.4. The van der Waals surface area contributed by atoms with Crippen LogP contribution in [0.15, 0.2) is 0 Å². The lowest BCUT2D eigenvalue weighted by Crippen LogP contribution is -2.52. The Kier molecular flexibility index (Phi) is 3.43. The van der Waals surface area contributed by atoms with E-state index in [9.17, 15) is 9.59 Å². The van der Waals surface area contributed by atoms with Gasteiger partial charge in [0.2, 0.25) is 5.91 Å². The number of amides is 3. The first kappa shape index (κ1) is 10.9. The van der Waals surface area contributed by atoms with Gasteiger partial charge in [-0.25, -0.2) is 4.79 Å². The van der Waals surface area contributed by atoms with Crippen molar-refractivity contribution in [3.8, 4) is 0 Å². The van der Waals surface area contributed by atoms with E-state index in [4.69, 9.17) is 11.5 Å². The average molecular weight is 200 g/mol. The predicted molar refractivity (Wildman–Crippen MR) is 51.4 cm³/mol. The predicted octanol–water partition coefficient (Wildman–Crippen LogP) is -1.40. The molecule has 0 saturated heterocycles. The number of carbonyl (C=O) groups is 2. The Bertz CT molecular complexity index is 237. The van der Waals surface area contributed by atoms with Crippen LogP contribution in [0.2, 0.25) is 0 Å². The summed E-state index contributed by atoms with van der Waals surface area (Å²) < 4.78 is 0. The minimum atomic E-state index is -0.811. The van der Waals surface area contributed by atoms with Gasteiger partial charge in [0.25, 0.3) is 0 Å². The maximum absolute atomic E-state index is 11.1. The minimum absolute atomic E-state index is 0.181. The summed E-state index contributed by atoms with van der Waals surface area (Å²) in [6, 6.07) is -0.209. The van der Waals surface area contributed by atoms with E-state index in [1.54, 1.807) is 0 Å². The number of primary amides is 1. The van der Waals surface area contributed by atoms with Gasteiger partial charge in [0.1, 0.15) is 0 Å². The third-order valence-corrected chi connectivity index (χ3v) is 2.43. The standard InChI is InChI=1S/C8H16N4O2/c1-12(6-2-5(9)3-6)4-7(13)11-8(10)14/h5-6H,2-4,9H2,1H3,(H3,10,11,13,14). The topological polar surface area (TPSA) is 101 Å². The van der Waals surface area contributed by atoms with Crippen molar-refractivity contribution in [3.05, 3.63) is 0 Å². The van der Waals surface area contributed by atoms with E-state index in [1.165, 1.54) is 0 Å². The van der Waals surface area contributed by atoms with E-state index in [0.29, 0.717) is 6.04 Å². The molecular formula is C8H16N4O2. The number of urea groups is 1. The first-order valence-electron chi connectivity index (χ1n) is 4.54. The quantitative estimate of drug-likeness (QED) is 0.521. The van der Waals surface area contributed by atoms with Crippen LogP contribution < -0.4 is 16.8 Å². The lowest BCUT2D eigenvalue weighted by atomic mass is 9.86. The average Bonchev–Trinajstić information content (AvgIpc) is 1.96. The third kappa shape index (κ3) is 2.97. The van der Waals surface area contributed by atoms with Gasteiger partial charge in [0, 0.05) is 12.1 Å². The molecule has 14 heavy (non-hydrogen) atoms. The summed E-state index contributed by atoms with van der Waals surface area (Å²) in [6.45, 7) is 0.181. The first-order valence-corrected chi connectivity index (χ1v) is 4.54. The number of hydrogen-bond donors (Lipinski definition) is 3. The lowest BCUT2D eigenvalue weighted by Gasteiger charge is -2.38. The molecule has 80 valence electrons.